The molecule has 3 rings (SSSR count). The van der Waals surface area contributed by atoms with Gasteiger partial charge in [0, 0.05) is 36.7 Å². The van der Waals surface area contributed by atoms with Gasteiger partial charge in [0.15, 0.2) is 0 Å². The molecule has 0 amide bonds. The van der Waals surface area contributed by atoms with E-state index >= 15 is 0 Å². The fourth-order valence-electron chi connectivity index (χ4n) is 3.54. The maximum atomic E-state index is 14.8. The van der Waals surface area contributed by atoms with Crippen molar-refractivity contribution in [2.24, 2.45) is 7.05 Å². The number of carbonyl (C=O) groups excluding carboxylic acids is 1. The molecule has 0 spiro atoms. The number of aryl methyl sites for hydroxylation is 2. The summed E-state index contributed by atoms with van der Waals surface area (Å²) in [7, 11) is -0.359. The number of methoxy groups -OCH3 is 1. The van der Waals surface area contributed by atoms with Crippen molar-refractivity contribution >= 4 is 16.4 Å². The van der Waals surface area contributed by atoms with Gasteiger partial charge in [-0.3, -0.25) is 28.5 Å². The van der Waals surface area contributed by atoms with Crippen LogP contribution in [0.3, 0.4) is 0 Å². The van der Waals surface area contributed by atoms with Gasteiger partial charge in [-0.1, -0.05) is 0 Å². The molecular weight excluding hydrogens is 363 g/mol. The lowest BCUT2D eigenvalue weighted by Gasteiger charge is -2.41. The van der Waals surface area contributed by atoms with Gasteiger partial charge in [0.05, 0.1) is 6.10 Å². The first-order chi connectivity index (χ1) is 12.1. The van der Waals surface area contributed by atoms with E-state index in [9.17, 15) is 23.1 Å². The molecule has 1 unspecified atom stereocenters. The number of benzene rings is 1. The highest BCUT2D eigenvalue weighted by molar-refractivity contribution is 8.24. The maximum Gasteiger partial charge on any atom is 0.277 e. The van der Waals surface area contributed by atoms with Crippen molar-refractivity contribution in [3.8, 4) is 0 Å². The zero-order valence-corrected chi connectivity index (χ0v) is 15.7. The molecule has 0 fully saturated rings. The standard InChI is InChI=1S/C17H21FN2O5S/c1-8-10(15(21)14-9(2)19-20(3)17(14)22)7-11(18)16-13(8)12(25-4)5-6-26(16,23)24/h7,12,19,23-24H,5-6H2,1-4H3. The third kappa shape index (κ3) is 2.71. The molecule has 0 radical (unpaired) electrons. The van der Waals surface area contributed by atoms with Crippen LogP contribution in [0.25, 0.3) is 0 Å². The Hall–Kier alpha value is -1.94. The highest BCUT2D eigenvalue weighted by atomic mass is 32.3. The molecule has 2 heterocycles. The smallest absolute Gasteiger partial charge is 0.277 e. The lowest BCUT2D eigenvalue weighted by molar-refractivity contribution is 0.0932. The normalized spacial score (nSPS) is 19.9. The van der Waals surface area contributed by atoms with E-state index in [0.29, 0.717) is 17.7 Å². The molecule has 9 heteroatoms. The van der Waals surface area contributed by atoms with E-state index in [4.69, 9.17) is 4.74 Å². The highest BCUT2D eigenvalue weighted by Gasteiger charge is 2.37. The summed E-state index contributed by atoms with van der Waals surface area (Å²) in [5.41, 5.74) is 0.504. The molecule has 0 saturated heterocycles. The Kier molecular flexibility index (Phi) is 4.60. The van der Waals surface area contributed by atoms with Crippen LogP contribution in [0.5, 0.6) is 0 Å². The van der Waals surface area contributed by atoms with Crippen LogP contribution in [0.2, 0.25) is 0 Å². The number of aromatic amines is 1. The number of halogens is 1. The molecule has 3 N–H and O–H groups in total. The number of rotatable bonds is 3. The lowest BCUT2D eigenvalue weighted by Crippen LogP contribution is -2.24. The largest absolute Gasteiger partial charge is 0.377 e. The van der Waals surface area contributed by atoms with Gasteiger partial charge in [-0.15, -0.1) is 0 Å². The summed E-state index contributed by atoms with van der Waals surface area (Å²) in [4.78, 5) is 25.0. The second-order valence-corrected chi connectivity index (χ2v) is 8.61. The number of carbonyl (C=O) groups is 1. The van der Waals surface area contributed by atoms with Crippen molar-refractivity contribution in [3.05, 3.63) is 50.2 Å². The Morgan fingerprint density at radius 2 is 2.08 bits per heavy atom. The third-order valence-corrected chi connectivity index (χ3v) is 6.71. The zero-order chi connectivity index (χ0) is 19.4. The predicted octanol–water partition coefficient (Wildman–Crippen LogP) is 2.90. The minimum absolute atomic E-state index is 0.000376. The fourth-order valence-corrected chi connectivity index (χ4v) is 5.30. The molecule has 7 nitrogen and oxygen atoms in total. The van der Waals surface area contributed by atoms with E-state index in [2.05, 4.69) is 5.10 Å². The van der Waals surface area contributed by atoms with E-state index in [1.165, 1.54) is 18.8 Å². The van der Waals surface area contributed by atoms with Crippen LogP contribution >= 0.6 is 10.6 Å². The van der Waals surface area contributed by atoms with Gasteiger partial charge in [0.25, 0.3) is 5.56 Å². The molecule has 1 atom stereocenters. The number of fused-ring (bicyclic) bond motifs is 1. The Balaban J connectivity index is 2.27. The molecular formula is C17H21FN2O5S. The van der Waals surface area contributed by atoms with Crippen LogP contribution < -0.4 is 5.56 Å². The van der Waals surface area contributed by atoms with E-state index in [0.717, 1.165) is 6.07 Å². The monoisotopic (exact) mass is 384 g/mol. The molecule has 1 aromatic carbocycles. The van der Waals surface area contributed by atoms with Gasteiger partial charge in [-0.2, -0.15) is 10.6 Å². The summed E-state index contributed by atoms with van der Waals surface area (Å²) in [6.45, 7) is 3.19. The number of nitrogens with zero attached hydrogens (tertiary/aromatic N) is 1. The Morgan fingerprint density at radius 3 is 2.62 bits per heavy atom. The number of hydrogen-bond acceptors (Lipinski definition) is 5. The molecule has 0 bridgehead atoms. The molecule has 1 aliphatic heterocycles. The van der Waals surface area contributed by atoms with Crippen LogP contribution in [0, 0.1) is 19.7 Å². The first-order valence-electron chi connectivity index (χ1n) is 8.02. The molecule has 142 valence electrons. The summed E-state index contributed by atoms with van der Waals surface area (Å²) in [5, 5.41) is 2.74. The summed E-state index contributed by atoms with van der Waals surface area (Å²) in [5.74, 6) is -1.49. The molecule has 1 aromatic heterocycles. The van der Waals surface area contributed by atoms with Crippen molar-refractivity contribution in [3.63, 3.8) is 0 Å². The number of H-pyrrole nitrogens is 1. The predicted molar refractivity (Wildman–Crippen MR) is 95.7 cm³/mol. The van der Waals surface area contributed by atoms with Crippen LogP contribution in [0.4, 0.5) is 4.39 Å². The van der Waals surface area contributed by atoms with Gasteiger partial charge < -0.3 is 4.74 Å². The van der Waals surface area contributed by atoms with Gasteiger partial charge in [0.2, 0.25) is 5.78 Å². The molecule has 0 aliphatic carbocycles. The van der Waals surface area contributed by atoms with Gasteiger partial charge in [0.1, 0.15) is 16.3 Å². The van der Waals surface area contributed by atoms with E-state index in [1.807, 2.05) is 0 Å². The number of aromatic nitrogens is 2. The van der Waals surface area contributed by atoms with Crippen LogP contribution in [0.1, 0.15) is 45.3 Å². The molecule has 2 aromatic rings. The Bertz CT molecular complexity index is 963. The summed E-state index contributed by atoms with van der Waals surface area (Å²) < 4.78 is 41.9. The van der Waals surface area contributed by atoms with Crippen molar-refractivity contribution in [2.45, 2.75) is 31.3 Å². The second kappa shape index (κ2) is 6.34. The first kappa shape index (κ1) is 18.8. The summed E-state index contributed by atoms with van der Waals surface area (Å²) in [6, 6.07) is 0.981. The van der Waals surface area contributed by atoms with Crippen molar-refractivity contribution in [1.82, 2.24) is 9.78 Å². The average Bonchev–Trinajstić information content (AvgIpc) is 2.82. The summed E-state index contributed by atoms with van der Waals surface area (Å²) >= 11 is 0. The van der Waals surface area contributed by atoms with Crippen LogP contribution in [-0.2, 0) is 11.8 Å². The Morgan fingerprint density at radius 1 is 1.42 bits per heavy atom. The van der Waals surface area contributed by atoms with Gasteiger partial charge >= 0.3 is 0 Å². The minimum Gasteiger partial charge on any atom is -0.377 e. The average molecular weight is 384 g/mol. The van der Waals surface area contributed by atoms with Crippen molar-refractivity contribution in [2.75, 3.05) is 12.9 Å². The van der Waals surface area contributed by atoms with Gasteiger partial charge in [-0.25, -0.2) is 4.39 Å². The van der Waals surface area contributed by atoms with E-state index in [1.54, 1.807) is 13.8 Å². The Labute approximate surface area is 151 Å². The highest BCUT2D eigenvalue weighted by Crippen LogP contribution is 2.58. The topological polar surface area (TPSA) is 105 Å². The van der Waals surface area contributed by atoms with Crippen molar-refractivity contribution < 1.29 is 23.0 Å². The van der Waals surface area contributed by atoms with E-state index in [-0.39, 0.29) is 27.3 Å². The minimum atomic E-state index is -3.30. The lowest BCUT2D eigenvalue weighted by atomic mass is 9.92. The number of hydrogen-bond donors (Lipinski definition) is 3. The molecule has 0 saturated carbocycles. The first-order valence-corrected chi connectivity index (χ1v) is 9.73. The van der Waals surface area contributed by atoms with Crippen molar-refractivity contribution in [1.29, 1.82) is 0 Å². The second-order valence-electron chi connectivity index (χ2n) is 6.46. The third-order valence-electron chi connectivity index (χ3n) is 4.84. The maximum absolute atomic E-state index is 14.8. The number of ether oxygens (including phenoxy) is 1. The molecule has 26 heavy (non-hydrogen) atoms. The zero-order valence-electron chi connectivity index (χ0n) is 14.9. The van der Waals surface area contributed by atoms with Crippen LogP contribution in [0.15, 0.2) is 15.8 Å². The summed E-state index contributed by atoms with van der Waals surface area (Å²) in [6.07, 6.45) is -0.253. The number of ketones is 1. The SMILES string of the molecule is COC1CCS(O)(O)c2c(F)cc(C(=O)c3c(C)[nH]n(C)c3=O)c(C)c21. The molecule has 1 aliphatic rings. The van der Waals surface area contributed by atoms with Gasteiger partial charge in [-0.05, 0) is 31.9 Å². The van der Waals surface area contributed by atoms with Crippen LogP contribution in [-0.4, -0.2) is 37.5 Å². The van der Waals surface area contributed by atoms with E-state index < -0.39 is 33.9 Å². The number of nitrogens with one attached hydrogen (secondary N) is 1. The quantitative estimate of drug-likeness (QED) is 0.706. The fraction of sp³-hybridized carbons (Fsp3) is 0.412.